The molecule has 2 N–H and O–H groups in total. The number of para-hydroxylation sites is 1. The molecule has 0 heterocycles. The van der Waals surface area contributed by atoms with E-state index in [2.05, 4.69) is 35.0 Å². The van der Waals surface area contributed by atoms with Crippen LogP contribution < -0.4 is 10.5 Å². The molecule has 0 aromatic heterocycles. The molecule has 0 saturated heterocycles. The lowest BCUT2D eigenvalue weighted by Crippen LogP contribution is -2.18. The molecular formula is C17H20BrNO. The molecule has 0 aliphatic rings. The van der Waals surface area contributed by atoms with Crippen molar-refractivity contribution >= 4 is 15.9 Å². The van der Waals surface area contributed by atoms with E-state index in [0.717, 1.165) is 34.4 Å². The Morgan fingerprint density at radius 2 is 1.85 bits per heavy atom. The fourth-order valence-corrected chi connectivity index (χ4v) is 2.49. The van der Waals surface area contributed by atoms with Gasteiger partial charge in [-0.2, -0.15) is 0 Å². The van der Waals surface area contributed by atoms with E-state index < -0.39 is 0 Å². The molecule has 1 unspecified atom stereocenters. The predicted molar refractivity (Wildman–Crippen MR) is 87.4 cm³/mol. The molecule has 0 aliphatic heterocycles. The zero-order valence-corrected chi connectivity index (χ0v) is 13.5. The fraction of sp³-hybridized carbons (Fsp3) is 0.294. The van der Waals surface area contributed by atoms with E-state index in [1.807, 2.05) is 37.3 Å². The number of hydrogen-bond acceptors (Lipinski definition) is 2. The van der Waals surface area contributed by atoms with Gasteiger partial charge in [-0.3, -0.25) is 0 Å². The normalized spacial score (nSPS) is 12.2. The second kappa shape index (κ2) is 6.91. The van der Waals surface area contributed by atoms with E-state index in [1.165, 1.54) is 5.56 Å². The molecular weight excluding hydrogens is 314 g/mol. The largest absolute Gasteiger partial charge is 0.457 e. The number of halogens is 1. The highest BCUT2D eigenvalue weighted by Crippen LogP contribution is 2.31. The zero-order valence-electron chi connectivity index (χ0n) is 11.9. The van der Waals surface area contributed by atoms with Crippen LogP contribution in [0.2, 0.25) is 0 Å². The topological polar surface area (TPSA) is 35.2 Å². The van der Waals surface area contributed by atoms with Crippen LogP contribution >= 0.6 is 15.9 Å². The van der Waals surface area contributed by atoms with Crippen LogP contribution in [0.4, 0.5) is 0 Å². The highest BCUT2D eigenvalue weighted by Gasteiger charge is 2.10. The van der Waals surface area contributed by atoms with Gasteiger partial charge in [-0.1, -0.05) is 47.1 Å². The van der Waals surface area contributed by atoms with Crippen molar-refractivity contribution in [3.63, 3.8) is 0 Å². The van der Waals surface area contributed by atoms with E-state index in [0.29, 0.717) is 0 Å². The number of ether oxygens (including phenoxy) is 1. The van der Waals surface area contributed by atoms with Crippen molar-refractivity contribution in [2.45, 2.75) is 32.7 Å². The van der Waals surface area contributed by atoms with Crippen LogP contribution in [-0.4, -0.2) is 6.04 Å². The molecule has 2 aromatic carbocycles. The van der Waals surface area contributed by atoms with Crippen molar-refractivity contribution in [3.8, 4) is 11.5 Å². The van der Waals surface area contributed by atoms with Crippen LogP contribution in [-0.2, 0) is 12.8 Å². The van der Waals surface area contributed by atoms with Gasteiger partial charge in [0.25, 0.3) is 0 Å². The first-order valence-electron chi connectivity index (χ1n) is 6.90. The smallest absolute Gasteiger partial charge is 0.131 e. The van der Waals surface area contributed by atoms with Gasteiger partial charge in [0, 0.05) is 10.5 Å². The summed E-state index contributed by atoms with van der Waals surface area (Å²) in [5, 5.41) is 0. The van der Waals surface area contributed by atoms with E-state index >= 15 is 0 Å². The Morgan fingerprint density at radius 1 is 1.10 bits per heavy atom. The van der Waals surface area contributed by atoms with Gasteiger partial charge in [0.2, 0.25) is 0 Å². The van der Waals surface area contributed by atoms with Gasteiger partial charge in [0.05, 0.1) is 0 Å². The maximum absolute atomic E-state index is 6.13. The lowest BCUT2D eigenvalue weighted by Gasteiger charge is -2.15. The Balaban J connectivity index is 2.34. The molecule has 0 saturated carbocycles. The second-order valence-corrected chi connectivity index (χ2v) is 5.91. The first-order chi connectivity index (χ1) is 9.60. The SMILES string of the molecule is CCc1ccccc1Oc1cc(Br)ccc1CC(C)N. The molecule has 0 spiro atoms. The van der Waals surface area contributed by atoms with Gasteiger partial charge in [0.1, 0.15) is 11.5 Å². The minimum absolute atomic E-state index is 0.111. The average molecular weight is 334 g/mol. The third-order valence-electron chi connectivity index (χ3n) is 3.14. The third-order valence-corrected chi connectivity index (χ3v) is 3.64. The van der Waals surface area contributed by atoms with Crippen molar-refractivity contribution < 1.29 is 4.74 Å². The monoisotopic (exact) mass is 333 g/mol. The van der Waals surface area contributed by atoms with Crippen LogP contribution in [0.15, 0.2) is 46.9 Å². The quantitative estimate of drug-likeness (QED) is 0.861. The molecule has 3 heteroatoms. The maximum Gasteiger partial charge on any atom is 0.131 e. The van der Waals surface area contributed by atoms with Gasteiger partial charge in [-0.25, -0.2) is 0 Å². The van der Waals surface area contributed by atoms with Crippen molar-refractivity contribution in [1.82, 2.24) is 0 Å². The molecule has 0 amide bonds. The standard InChI is InChI=1S/C17H20BrNO/c1-3-13-6-4-5-7-16(13)20-17-11-15(18)9-8-14(17)10-12(2)19/h4-9,11-12H,3,10,19H2,1-2H3. The highest BCUT2D eigenvalue weighted by atomic mass is 79.9. The number of hydrogen-bond donors (Lipinski definition) is 1. The minimum Gasteiger partial charge on any atom is -0.457 e. The molecule has 20 heavy (non-hydrogen) atoms. The predicted octanol–water partition coefficient (Wildman–Crippen LogP) is 4.69. The summed E-state index contributed by atoms with van der Waals surface area (Å²) >= 11 is 3.50. The summed E-state index contributed by atoms with van der Waals surface area (Å²) in [5.74, 6) is 1.79. The van der Waals surface area contributed by atoms with Crippen LogP contribution in [0.25, 0.3) is 0 Å². The summed E-state index contributed by atoms with van der Waals surface area (Å²) in [7, 11) is 0. The second-order valence-electron chi connectivity index (χ2n) is 5.00. The van der Waals surface area contributed by atoms with E-state index in [-0.39, 0.29) is 6.04 Å². The number of rotatable bonds is 5. The third kappa shape index (κ3) is 3.84. The molecule has 0 radical (unpaired) electrons. The summed E-state index contributed by atoms with van der Waals surface area (Å²) in [6.07, 6.45) is 1.75. The average Bonchev–Trinajstić information content (AvgIpc) is 2.42. The van der Waals surface area contributed by atoms with Crippen molar-refractivity contribution in [2.24, 2.45) is 5.73 Å². The first-order valence-corrected chi connectivity index (χ1v) is 7.69. The Bertz CT molecular complexity index is 581. The molecule has 2 aromatic rings. The highest BCUT2D eigenvalue weighted by molar-refractivity contribution is 9.10. The van der Waals surface area contributed by atoms with Gasteiger partial charge in [0.15, 0.2) is 0 Å². The molecule has 106 valence electrons. The molecule has 1 atom stereocenters. The Hall–Kier alpha value is -1.32. The Kier molecular flexibility index (Phi) is 5.21. The van der Waals surface area contributed by atoms with E-state index in [9.17, 15) is 0 Å². The number of aryl methyl sites for hydroxylation is 1. The van der Waals surface area contributed by atoms with Crippen molar-refractivity contribution in [3.05, 3.63) is 58.1 Å². The summed E-state index contributed by atoms with van der Waals surface area (Å²) < 4.78 is 7.14. The summed E-state index contributed by atoms with van der Waals surface area (Å²) in [5.41, 5.74) is 8.25. The van der Waals surface area contributed by atoms with Gasteiger partial charge < -0.3 is 10.5 Å². The Morgan fingerprint density at radius 3 is 2.55 bits per heavy atom. The van der Waals surface area contributed by atoms with E-state index in [1.54, 1.807) is 0 Å². The zero-order chi connectivity index (χ0) is 14.5. The summed E-state index contributed by atoms with van der Waals surface area (Å²) in [6.45, 7) is 4.14. The van der Waals surface area contributed by atoms with Gasteiger partial charge in [-0.15, -0.1) is 0 Å². The number of nitrogens with two attached hydrogens (primary N) is 1. The van der Waals surface area contributed by atoms with Crippen LogP contribution in [0.5, 0.6) is 11.5 Å². The molecule has 0 aliphatic carbocycles. The molecule has 0 fully saturated rings. The summed E-state index contributed by atoms with van der Waals surface area (Å²) in [4.78, 5) is 0. The van der Waals surface area contributed by atoms with Gasteiger partial charge >= 0.3 is 0 Å². The lowest BCUT2D eigenvalue weighted by atomic mass is 10.1. The van der Waals surface area contributed by atoms with E-state index in [4.69, 9.17) is 10.5 Å². The summed E-state index contributed by atoms with van der Waals surface area (Å²) in [6, 6.07) is 14.3. The van der Waals surface area contributed by atoms with Gasteiger partial charge in [-0.05, 0) is 49.1 Å². The Labute approximate surface area is 129 Å². The van der Waals surface area contributed by atoms with Crippen LogP contribution in [0.1, 0.15) is 25.0 Å². The molecule has 2 rings (SSSR count). The van der Waals surface area contributed by atoms with Crippen molar-refractivity contribution in [1.29, 1.82) is 0 Å². The molecule has 2 nitrogen and oxygen atoms in total. The fourth-order valence-electron chi connectivity index (χ4n) is 2.15. The van der Waals surface area contributed by atoms with Crippen LogP contribution in [0.3, 0.4) is 0 Å². The lowest BCUT2D eigenvalue weighted by molar-refractivity contribution is 0.468. The van der Waals surface area contributed by atoms with Crippen LogP contribution in [0, 0.1) is 0 Å². The first kappa shape index (κ1) is 15.1. The van der Waals surface area contributed by atoms with Crippen molar-refractivity contribution in [2.75, 3.05) is 0 Å². The maximum atomic E-state index is 6.13. The molecule has 0 bridgehead atoms. The number of benzene rings is 2. The minimum atomic E-state index is 0.111.